The van der Waals surface area contributed by atoms with Gasteiger partial charge in [0.15, 0.2) is 0 Å². The Balaban J connectivity index is 1.36. The van der Waals surface area contributed by atoms with Crippen LogP contribution in [-0.2, 0) is 21.3 Å². The van der Waals surface area contributed by atoms with Gasteiger partial charge in [0.1, 0.15) is 5.69 Å². The van der Waals surface area contributed by atoms with Crippen LogP contribution in [0.3, 0.4) is 0 Å². The first kappa shape index (κ1) is 23.6. The van der Waals surface area contributed by atoms with E-state index in [1.165, 1.54) is 22.0 Å². The molecule has 10 heteroatoms. The van der Waals surface area contributed by atoms with Crippen molar-refractivity contribution in [1.29, 1.82) is 0 Å². The van der Waals surface area contributed by atoms with E-state index >= 15 is 0 Å². The van der Waals surface area contributed by atoms with E-state index in [1.54, 1.807) is 0 Å². The smallest absolute Gasteiger partial charge is 0.293 e. The van der Waals surface area contributed by atoms with Crippen LogP contribution in [0.15, 0.2) is 53.4 Å². The molecular weight excluding hydrogens is 444 g/mol. The quantitative estimate of drug-likeness (QED) is 0.463. The van der Waals surface area contributed by atoms with Crippen molar-refractivity contribution in [3.05, 3.63) is 64.2 Å². The lowest BCUT2D eigenvalue weighted by Gasteiger charge is -2.32. The van der Waals surface area contributed by atoms with Crippen LogP contribution in [0.1, 0.15) is 18.4 Å². The SMILES string of the molecule is O=[N+]([O-])c1cc(S(=O)(=O)N2CCOCC2)ccc1NCC1CCN(Cc2ccccc2)CC1. The highest BCUT2D eigenvalue weighted by Gasteiger charge is 2.29. The fourth-order valence-electron chi connectivity index (χ4n) is 4.35. The number of benzene rings is 2. The fourth-order valence-corrected chi connectivity index (χ4v) is 5.78. The van der Waals surface area contributed by atoms with Gasteiger partial charge in [-0.2, -0.15) is 4.31 Å². The lowest BCUT2D eigenvalue weighted by atomic mass is 9.96. The molecular formula is C23H30N4O5S. The fraction of sp³-hybridized carbons (Fsp3) is 0.478. The molecule has 2 heterocycles. The van der Waals surface area contributed by atoms with Crippen molar-refractivity contribution in [3.63, 3.8) is 0 Å². The Kier molecular flexibility index (Phi) is 7.59. The zero-order valence-corrected chi connectivity index (χ0v) is 19.4. The summed E-state index contributed by atoms with van der Waals surface area (Å²) in [5.41, 5.74) is 1.44. The third-order valence-electron chi connectivity index (χ3n) is 6.31. The number of sulfonamides is 1. The number of morpholine rings is 1. The van der Waals surface area contributed by atoms with Gasteiger partial charge in [-0.3, -0.25) is 15.0 Å². The van der Waals surface area contributed by atoms with Crippen LogP contribution < -0.4 is 5.32 Å². The zero-order chi connectivity index (χ0) is 23.3. The summed E-state index contributed by atoms with van der Waals surface area (Å²) in [7, 11) is -3.79. The van der Waals surface area contributed by atoms with E-state index < -0.39 is 14.9 Å². The number of rotatable bonds is 8. The maximum atomic E-state index is 12.9. The van der Waals surface area contributed by atoms with E-state index in [9.17, 15) is 18.5 Å². The Morgan fingerprint density at radius 2 is 1.73 bits per heavy atom. The average Bonchev–Trinajstić information content (AvgIpc) is 2.84. The number of nitro benzene ring substituents is 1. The van der Waals surface area contributed by atoms with Gasteiger partial charge in [0.25, 0.3) is 5.69 Å². The number of likely N-dealkylation sites (tertiary alicyclic amines) is 1. The zero-order valence-electron chi connectivity index (χ0n) is 18.6. The molecule has 0 saturated carbocycles. The monoisotopic (exact) mass is 474 g/mol. The molecule has 1 N–H and O–H groups in total. The number of hydrogen-bond acceptors (Lipinski definition) is 7. The van der Waals surface area contributed by atoms with Gasteiger partial charge in [-0.05, 0) is 49.5 Å². The minimum atomic E-state index is -3.79. The van der Waals surface area contributed by atoms with E-state index in [-0.39, 0.29) is 23.7 Å². The molecule has 2 fully saturated rings. The number of nitrogens with zero attached hydrogens (tertiary/aromatic N) is 3. The highest BCUT2D eigenvalue weighted by atomic mass is 32.2. The van der Waals surface area contributed by atoms with Crippen molar-refractivity contribution in [2.24, 2.45) is 5.92 Å². The Morgan fingerprint density at radius 1 is 1.03 bits per heavy atom. The minimum Gasteiger partial charge on any atom is -0.379 e. The predicted molar refractivity (Wildman–Crippen MR) is 126 cm³/mol. The van der Waals surface area contributed by atoms with Crippen molar-refractivity contribution in [2.45, 2.75) is 24.3 Å². The third-order valence-corrected chi connectivity index (χ3v) is 8.21. The van der Waals surface area contributed by atoms with E-state index in [4.69, 9.17) is 4.74 Å². The normalized spacial score (nSPS) is 18.8. The van der Waals surface area contributed by atoms with E-state index in [1.807, 2.05) is 6.07 Å². The number of nitrogens with one attached hydrogen (secondary N) is 1. The summed E-state index contributed by atoms with van der Waals surface area (Å²) in [6.07, 6.45) is 2.02. The molecule has 178 valence electrons. The first-order chi connectivity index (χ1) is 15.9. The van der Waals surface area contributed by atoms with Gasteiger partial charge in [-0.25, -0.2) is 8.42 Å². The summed E-state index contributed by atoms with van der Waals surface area (Å²) < 4.78 is 32.2. The molecule has 0 aromatic heterocycles. The molecule has 0 spiro atoms. The molecule has 9 nitrogen and oxygen atoms in total. The lowest BCUT2D eigenvalue weighted by Crippen LogP contribution is -2.40. The van der Waals surface area contributed by atoms with Crippen molar-refractivity contribution >= 4 is 21.4 Å². The Hall–Kier alpha value is -2.53. The van der Waals surface area contributed by atoms with Crippen LogP contribution in [0.2, 0.25) is 0 Å². The van der Waals surface area contributed by atoms with Gasteiger partial charge in [0.05, 0.1) is 23.0 Å². The van der Waals surface area contributed by atoms with E-state index in [0.717, 1.165) is 38.5 Å². The van der Waals surface area contributed by atoms with Crippen molar-refractivity contribution < 1.29 is 18.1 Å². The molecule has 4 rings (SSSR count). The summed E-state index contributed by atoms with van der Waals surface area (Å²) in [6, 6.07) is 14.5. The van der Waals surface area contributed by atoms with Crippen LogP contribution >= 0.6 is 0 Å². The first-order valence-electron chi connectivity index (χ1n) is 11.3. The first-order valence-corrected chi connectivity index (χ1v) is 12.7. The Labute approximate surface area is 194 Å². The summed E-state index contributed by atoms with van der Waals surface area (Å²) in [5.74, 6) is 0.411. The molecule has 33 heavy (non-hydrogen) atoms. The van der Waals surface area contributed by atoms with Crippen molar-refractivity contribution in [3.8, 4) is 0 Å². The van der Waals surface area contributed by atoms with Crippen LogP contribution in [0.5, 0.6) is 0 Å². The van der Waals surface area contributed by atoms with E-state index in [0.29, 0.717) is 31.4 Å². The maximum absolute atomic E-state index is 12.9. The van der Waals surface area contributed by atoms with Gasteiger partial charge in [0, 0.05) is 32.2 Å². The second kappa shape index (κ2) is 10.6. The topological polar surface area (TPSA) is 105 Å². The van der Waals surface area contributed by atoms with Crippen LogP contribution in [0, 0.1) is 16.0 Å². The van der Waals surface area contributed by atoms with Gasteiger partial charge >= 0.3 is 0 Å². The van der Waals surface area contributed by atoms with Crippen LogP contribution in [-0.4, -0.2) is 68.5 Å². The van der Waals surface area contributed by atoms with Crippen LogP contribution in [0.4, 0.5) is 11.4 Å². The van der Waals surface area contributed by atoms with Gasteiger partial charge in [0.2, 0.25) is 10.0 Å². The number of ether oxygens (including phenoxy) is 1. The average molecular weight is 475 g/mol. The Morgan fingerprint density at radius 3 is 2.39 bits per heavy atom. The van der Waals surface area contributed by atoms with Crippen molar-refractivity contribution in [1.82, 2.24) is 9.21 Å². The molecule has 0 aliphatic carbocycles. The molecule has 2 aromatic carbocycles. The summed E-state index contributed by atoms with van der Waals surface area (Å²) >= 11 is 0. The molecule has 2 saturated heterocycles. The third kappa shape index (κ3) is 5.89. The molecule has 0 amide bonds. The maximum Gasteiger partial charge on any atom is 0.293 e. The highest BCUT2D eigenvalue weighted by Crippen LogP contribution is 2.30. The predicted octanol–water partition coefficient (Wildman–Crippen LogP) is 2.94. The molecule has 2 aliphatic heterocycles. The second-order valence-corrected chi connectivity index (χ2v) is 10.5. The summed E-state index contributed by atoms with van der Waals surface area (Å²) in [6.45, 7) is 4.68. The molecule has 0 radical (unpaired) electrons. The number of anilines is 1. The lowest BCUT2D eigenvalue weighted by molar-refractivity contribution is -0.384. The Bertz CT molecular complexity index is 1050. The number of piperidine rings is 1. The second-order valence-electron chi connectivity index (χ2n) is 8.54. The minimum absolute atomic E-state index is 0.0594. The van der Waals surface area contributed by atoms with Crippen LogP contribution in [0.25, 0.3) is 0 Å². The number of hydrogen-bond donors (Lipinski definition) is 1. The highest BCUT2D eigenvalue weighted by molar-refractivity contribution is 7.89. The number of nitro groups is 1. The van der Waals surface area contributed by atoms with Gasteiger partial charge in [-0.1, -0.05) is 30.3 Å². The molecule has 2 aromatic rings. The molecule has 2 aliphatic rings. The molecule has 0 bridgehead atoms. The largest absolute Gasteiger partial charge is 0.379 e. The molecule has 0 unspecified atom stereocenters. The standard InChI is InChI=1S/C23H30N4O5S/c28-27(29)23-16-21(33(30,31)26-12-14-32-15-13-26)6-7-22(23)24-17-19-8-10-25(11-9-19)18-20-4-2-1-3-5-20/h1-7,16,19,24H,8-15,17-18H2. The molecule has 0 atom stereocenters. The van der Waals surface area contributed by atoms with Crippen molar-refractivity contribution in [2.75, 3.05) is 51.3 Å². The van der Waals surface area contributed by atoms with Gasteiger partial charge < -0.3 is 10.1 Å². The van der Waals surface area contributed by atoms with Gasteiger partial charge in [-0.15, -0.1) is 0 Å². The van der Waals surface area contributed by atoms with E-state index in [2.05, 4.69) is 34.5 Å². The summed E-state index contributed by atoms with van der Waals surface area (Å²) in [4.78, 5) is 13.5. The summed E-state index contributed by atoms with van der Waals surface area (Å²) in [5, 5.41) is 14.9.